The predicted molar refractivity (Wildman–Crippen MR) is 182 cm³/mol. The average molecular weight is 601 g/mol. The van der Waals surface area contributed by atoms with Crippen LogP contribution in [0.25, 0.3) is 92.6 Å². The Morgan fingerprint density at radius 3 is 1.70 bits per heavy atom. The summed E-state index contributed by atoms with van der Waals surface area (Å²) in [7, 11) is 0. The lowest BCUT2D eigenvalue weighted by Crippen LogP contribution is -1.75. The average Bonchev–Trinajstić information content (AvgIpc) is 3.79. The second kappa shape index (κ2) is 8.03. The Kier molecular flexibility index (Phi) is 4.46. The van der Waals surface area contributed by atoms with E-state index in [0.717, 1.165) is 11.2 Å². The van der Waals surface area contributed by atoms with Gasteiger partial charge in [-0.05, 0) is 76.5 Å². The molecule has 0 fully saturated rings. The fourth-order valence-corrected chi connectivity index (χ4v) is 11.5. The van der Waals surface area contributed by atoms with Crippen LogP contribution in [0.5, 0.6) is 0 Å². The van der Waals surface area contributed by atoms with Gasteiger partial charge in [0.15, 0.2) is 0 Å². The van der Waals surface area contributed by atoms with Gasteiger partial charge in [-0.1, -0.05) is 30.3 Å². The zero-order valence-electron chi connectivity index (χ0n) is 20.7. The number of hydrogen-bond acceptors (Lipinski definition) is 6. The summed E-state index contributed by atoms with van der Waals surface area (Å²) in [4.78, 5) is 2.64. The summed E-state index contributed by atoms with van der Waals surface area (Å²) in [5.74, 6) is 0. The highest BCUT2D eigenvalue weighted by Crippen LogP contribution is 2.45. The van der Waals surface area contributed by atoms with E-state index in [2.05, 4.69) is 95.7 Å². The van der Waals surface area contributed by atoms with Gasteiger partial charge in [0.1, 0.15) is 11.2 Å². The minimum atomic E-state index is 0.952. The van der Waals surface area contributed by atoms with Crippen LogP contribution < -0.4 is 0 Å². The van der Waals surface area contributed by atoms with Gasteiger partial charge < -0.3 is 4.42 Å². The summed E-state index contributed by atoms with van der Waals surface area (Å²) in [5, 5.41) is 11.8. The maximum Gasteiger partial charge on any atom is 0.143 e. The van der Waals surface area contributed by atoms with Crippen LogP contribution in [-0.4, -0.2) is 0 Å². The Balaban J connectivity index is 1.15. The molecule has 0 amide bonds. The molecule has 0 aliphatic rings. The van der Waals surface area contributed by atoms with E-state index in [1.54, 1.807) is 11.3 Å². The van der Waals surface area contributed by atoms with E-state index in [9.17, 15) is 0 Å². The molecule has 0 bridgehead atoms. The van der Waals surface area contributed by atoms with Gasteiger partial charge in [-0.3, -0.25) is 0 Å². The van der Waals surface area contributed by atoms with Crippen LogP contribution >= 0.6 is 56.7 Å². The molecule has 0 aliphatic heterocycles. The van der Waals surface area contributed by atoms with E-state index < -0.39 is 0 Å². The Hall–Kier alpha value is -3.52. The van der Waals surface area contributed by atoms with Crippen LogP contribution in [0.4, 0.5) is 0 Å². The number of thiophene rings is 5. The lowest BCUT2D eigenvalue weighted by molar-refractivity contribution is 0.673. The Bertz CT molecular complexity index is 2370. The number of fused-ring (bicyclic) bond motifs is 11. The molecule has 0 aliphatic carbocycles. The van der Waals surface area contributed by atoms with Crippen LogP contribution in [0.15, 0.2) is 100 Å². The third-order valence-corrected chi connectivity index (χ3v) is 13.4. The van der Waals surface area contributed by atoms with E-state index in [1.165, 1.54) is 81.4 Å². The molecule has 4 aromatic carbocycles. The number of hydrogen-bond donors (Lipinski definition) is 0. The van der Waals surface area contributed by atoms with Crippen molar-refractivity contribution in [1.82, 2.24) is 0 Å². The molecule has 10 aromatic rings. The molecule has 0 atom stereocenters. The van der Waals surface area contributed by atoms with Crippen molar-refractivity contribution in [2.75, 3.05) is 0 Å². The van der Waals surface area contributed by atoms with Crippen molar-refractivity contribution in [3.05, 3.63) is 95.7 Å². The molecule has 0 radical (unpaired) electrons. The summed E-state index contributed by atoms with van der Waals surface area (Å²) in [6, 6.07) is 31.8. The Morgan fingerprint density at radius 2 is 1.00 bits per heavy atom. The molecule has 6 heteroatoms. The van der Waals surface area contributed by atoms with Crippen LogP contribution in [-0.2, 0) is 0 Å². The number of furan rings is 1. The zero-order valence-corrected chi connectivity index (χ0v) is 24.8. The van der Waals surface area contributed by atoms with Crippen molar-refractivity contribution < 1.29 is 4.42 Å². The van der Waals surface area contributed by atoms with Crippen LogP contribution in [0, 0.1) is 0 Å². The topological polar surface area (TPSA) is 13.1 Å². The van der Waals surface area contributed by atoms with E-state index in [-0.39, 0.29) is 0 Å². The molecule has 6 aromatic heterocycles. The minimum absolute atomic E-state index is 0.952. The smallest absolute Gasteiger partial charge is 0.143 e. The van der Waals surface area contributed by atoms with Gasteiger partial charge in [-0.25, -0.2) is 0 Å². The maximum atomic E-state index is 6.62. The van der Waals surface area contributed by atoms with E-state index >= 15 is 0 Å². The molecule has 0 unspecified atom stereocenters. The van der Waals surface area contributed by atoms with Crippen molar-refractivity contribution in [2.24, 2.45) is 0 Å². The molecule has 0 saturated heterocycles. The molecule has 40 heavy (non-hydrogen) atoms. The summed E-state index contributed by atoms with van der Waals surface area (Å²) in [6.45, 7) is 0. The Morgan fingerprint density at radius 1 is 0.425 bits per heavy atom. The lowest BCUT2D eigenvalue weighted by atomic mass is 10.0. The van der Waals surface area contributed by atoms with Crippen molar-refractivity contribution in [1.29, 1.82) is 0 Å². The monoisotopic (exact) mass is 600 g/mol. The first-order chi connectivity index (χ1) is 19.8. The number of benzene rings is 4. The summed E-state index contributed by atoms with van der Waals surface area (Å²) in [6.07, 6.45) is 0. The van der Waals surface area contributed by atoms with Crippen LogP contribution in [0.1, 0.15) is 0 Å². The molecule has 188 valence electrons. The largest absolute Gasteiger partial charge is 0.455 e. The van der Waals surface area contributed by atoms with E-state index in [1.807, 2.05) is 45.3 Å². The lowest BCUT2D eigenvalue weighted by Gasteiger charge is -2.01. The Labute approximate surface area is 247 Å². The van der Waals surface area contributed by atoms with Gasteiger partial charge in [0.25, 0.3) is 0 Å². The van der Waals surface area contributed by atoms with Gasteiger partial charge >= 0.3 is 0 Å². The van der Waals surface area contributed by atoms with E-state index in [0.29, 0.717) is 0 Å². The summed E-state index contributed by atoms with van der Waals surface area (Å²) >= 11 is 9.25. The normalized spacial score (nSPS) is 12.5. The first-order valence-corrected chi connectivity index (χ1v) is 17.2. The molecule has 0 spiro atoms. The molecule has 0 saturated carbocycles. The third kappa shape index (κ3) is 3.05. The highest BCUT2D eigenvalue weighted by atomic mass is 32.1. The summed E-state index contributed by atoms with van der Waals surface area (Å²) in [5.41, 5.74) is 4.46. The standard InChI is InChI=1S/C34H16OS5/c1-3-19-21-5-8-24-22(33(21)35-25(19)13-17(1)28-15-31-26(38-28)9-11-36-31)6-7-23-20-4-2-18(14-30(20)40-34(23)24)29-16-32-27(39-29)10-12-37-32/h1-16H. The molecular weight excluding hydrogens is 585 g/mol. The van der Waals surface area contributed by atoms with Crippen molar-refractivity contribution in [3.63, 3.8) is 0 Å². The SMILES string of the molecule is c1cc2sc(-c3ccc4c(c3)oc3c4ccc4c3ccc3c5ccc(-c6cc7sccc7s6)cc5sc34)cc2s1. The molecule has 1 nitrogen and oxygen atoms in total. The van der Waals surface area contributed by atoms with Gasteiger partial charge in [0, 0.05) is 70.3 Å². The van der Waals surface area contributed by atoms with Gasteiger partial charge in [-0.2, -0.15) is 0 Å². The van der Waals surface area contributed by atoms with Crippen LogP contribution in [0.3, 0.4) is 0 Å². The van der Waals surface area contributed by atoms with Crippen molar-refractivity contribution >= 4 is 128 Å². The minimum Gasteiger partial charge on any atom is -0.455 e. The highest BCUT2D eigenvalue weighted by molar-refractivity contribution is 7.29. The van der Waals surface area contributed by atoms with Gasteiger partial charge in [0.2, 0.25) is 0 Å². The van der Waals surface area contributed by atoms with Gasteiger partial charge in [-0.15, -0.1) is 56.7 Å². The second-order valence-corrected chi connectivity index (χ2v) is 15.2. The molecule has 0 N–H and O–H groups in total. The van der Waals surface area contributed by atoms with Crippen LogP contribution in [0.2, 0.25) is 0 Å². The maximum absolute atomic E-state index is 6.62. The van der Waals surface area contributed by atoms with E-state index in [4.69, 9.17) is 4.42 Å². The third-order valence-electron chi connectivity index (χ3n) is 7.92. The number of rotatable bonds is 2. The second-order valence-electron chi connectivity index (χ2n) is 10.1. The molecule has 6 heterocycles. The first kappa shape index (κ1) is 22.2. The molecule has 10 rings (SSSR count). The van der Waals surface area contributed by atoms with Crippen molar-refractivity contribution in [2.45, 2.75) is 0 Å². The first-order valence-electron chi connectivity index (χ1n) is 13.0. The summed E-state index contributed by atoms with van der Waals surface area (Å²) < 4.78 is 14.7. The highest BCUT2D eigenvalue weighted by Gasteiger charge is 2.16. The quantitative estimate of drug-likeness (QED) is 0.192. The van der Waals surface area contributed by atoms with Gasteiger partial charge in [0.05, 0.1) is 0 Å². The predicted octanol–water partition coefficient (Wildman–Crippen LogP) is 13.0. The molecular formula is C34H16OS5. The fourth-order valence-electron chi connectivity index (χ4n) is 6.00. The zero-order chi connectivity index (χ0) is 25.9. The fraction of sp³-hybridized carbons (Fsp3) is 0. The van der Waals surface area contributed by atoms with Crippen molar-refractivity contribution in [3.8, 4) is 20.9 Å².